The van der Waals surface area contributed by atoms with Crippen molar-refractivity contribution in [2.75, 3.05) is 91.7 Å². The fourth-order valence-corrected chi connectivity index (χ4v) is 5.39. The minimum Gasteiger partial charge on any atom is -0.383 e. The molecular formula is C38H49N7O9. The number of primary amides is 1. The van der Waals surface area contributed by atoms with Crippen LogP contribution in [0.15, 0.2) is 84.9 Å². The third kappa shape index (κ3) is 15.0. The fraction of sp³-hybridized carbons (Fsp3) is 0.395. The van der Waals surface area contributed by atoms with Crippen LogP contribution in [0.3, 0.4) is 0 Å². The van der Waals surface area contributed by atoms with Crippen molar-refractivity contribution in [1.29, 1.82) is 0 Å². The van der Waals surface area contributed by atoms with Crippen LogP contribution in [0.25, 0.3) is 0 Å². The SMILES string of the molecule is COCCN(CC(=O)N(CCc1ccccc1)CC(=O)N(CCOC)CC(=O)N(CCc1ccccc1)CC(N)=O)C(=O)CNc1cccc([N+](=O)[O-])c1. The van der Waals surface area contributed by atoms with Gasteiger partial charge in [0.1, 0.15) is 0 Å². The molecule has 0 aromatic heterocycles. The number of nitro groups is 1. The maximum atomic E-state index is 14.0. The Bertz CT molecular complexity index is 1680. The van der Waals surface area contributed by atoms with E-state index in [1.54, 1.807) is 6.07 Å². The monoisotopic (exact) mass is 747 g/mol. The van der Waals surface area contributed by atoms with Crippen LogP contribution in [-0.2, 0) is 46.3 Å². The lowest BCUT2D eigenvalue weighted by atomic mass is 10.1. The number of nitro benzene ring substituents is 1. The molecule has 3 N–H and O–H groups in total. The standard InChI is InChI=1S/C38H49N7O9/c1-53-22-20-43(35(47)25-40-32-14-9-15-33(24-32)45(51)52)28-37(49)42(19-17-31-12-7-4-8-13-31)27-38(50)44(21-23-54-2)29-36(48)41(26-34(39)46)18-16-30-10-5-3-6-11-30/h3-15,24,40H,16-23,25-29H2,1-2H3,(H2,39,46). The van der Waals surface area contributed by atoms with Crippen molar-refractivity contribution in [3.8, 4) is 0 Å². The first-order valence-corrected chi connectivity index (χ1v) is 17.4. The van der Waals surface area contributed by atoms with E-state index < -0.39 is 41.0 Å². The Labute approximate surface area is 314 Å². The number of nitrogens with two attached hydrogens (primary N) is 1. The molecule has 0 spiro atoms. The fourth-order valence-electron chi connectivity index (χ4n) is 5.39. The van der Waals surface area contributed by atoms with E-state index in [0.29, 0.717) is 18.5 Å². The number of carbonyl (C=O) groups excluding carboxylic acids is 5. The number of rotatable bonds is 24. The van der Waals surface area contributed by atoms with Gasteiger partial charge in [0.15, 0.2) is 0 Å². The Balaban J connectivity index is 1.78. The lowest BCUT2D eigenvalue weighted by Gasteiger charge is -2.31. The normalized spacial score (nSPS) is 10.6. The van der Waals surface area contributed by atoms with Crippen LogP contribution >= 0.6 is 0 Å². The molecule has 0 atom stereocenters. The number of carbonyl (C=O) groups is 5. The lowest BCUT2D eigenvalue weighted by Crippen LogP contribution is -2.52. The van der Waals surface area contributed by atoms with Gasteiger partial charge in [-0.25, -0.2) is 0 Å². The van der Waals surface area contributed by atoms with E-state index in [-0.39, 0.29) is 71.3 Å². The summed E-state index contributed by atoms with van der Waals surface area (Å²) in [7, 11) is 2.91. The van der Waals surface area contributed by atoms with Crippen LogP contribution in [0.4, 0.5) is 11.4 Å². The second-order valence-electron chi connectivity index (χ2n) is 12.3. The molecule has 54 heavy (non-hydrogen) atoms. The van der Waals surface area contributed by atoms with Gasteiger partial charge in [-0.2, -0.15) is 0 Å². The molecule has 0 aliphatic rings. The lowest BCUT2D eigenvalue weighted by molar-refractivity contribution is -0.384. The predicted octanol–water partition coefficient (Wildman–Crippen LogP) is 1.58. The van der Waals surface area contributed by atoms with Crippen LogP contribution < -0.4 is 11.1 Å². The van der Waals surface area contributed by atoms with Gasteiger partial charge in [0.25, 0.3) is 5.69 Å². The van der Waals surface area contributed by atoms with E-state index in [2.05, 4.69) is 5.32 Å². The molecule has 0 unspecified atom stereocenters. The molecule has 5 amide bonds. The molecule has 0 bridgehead atoms. The molecule has 290 valence electrons. The quantitative estimate of drug-likeness (QED) is 0.100. The van der Waals surface area contributed by atoms with E-state index in [1.807, 2.05) is 60.7 Å². The third-order valence-corrected chi connectivity index (χ3v) is 8.39. The Morgan fingerprint density at radius 2 is 1.07 bits per heavy atom. The number of nitrogens with zero attached hydrogens (tertiary/aromatic N) is 5. The highest BCUT2D eigenvalue weighted by molar-refractivity contribution is 5.91. The van der Waals surface area contributed by atoms with Gasteiger partial charge in [0.05, 0.1) is 50.9 Å². The topological polar surface area (TPSA) is 198 Å². The number of ether oxygens (including phenoxy) is 2. The minimum atomic E-state index is -0.697. The van der Waals surface area contributed by atoms with Crippen molar-refractivity contribution in [1.82, 2.24) is 19.6 Å². The average Bonchev–Trinajstić information content (AvgIpc) is 3.17. The van der Waals surface area contributed by atoms with Crippen molar-refractivity contribution in [2.45, 2.75) is 12.8 Å². The van der Waals surface area contributed by atoms with Gasteiger partial charge in [-0.3, -0.25) is 34.1 Å². The first-order chi connectivity index (χ1) is 26.0. The summed E-state index contributed by atoms with van der Waals surface area (Å²) < 4.78 is 10.4. The summed E-state index contributed by atoms with van der Waals surface area (Å²) in [5, 5.41) is 14.1. The summed E-state index contributed by atoms with van der Waals surface area (Å²) in [6, 6.07) is 24.5. The first kappa shape index (κ1) is 42.5. The number of hydrogen-bond acceptors (Lipinski definition) is 10. The molecule has 16 nitrogen and oxygen atoms in total. The molecule has 0 aliphatic carbocycles. The van der Waals surface area contributed by atoms with Crippen molar-refractivity contribution >= 4 is 40.9 Å². The Hall–Kier alpha value is -5.87. The van der Waals surface area contributed by atoms with Crippen molar-refractivity contribution < 1.29 is 38.4 Å². The van der Waals surface area contributed by atoms with Gasteiger partial charge in [-0.15, -0.1) is 0 Å². The summed E-state index contributed by atoms with van der Waals surface area (Å²) in [6.45, 7) is -1.12. The second-order valence-corrected chi connectivity index (χ2v) is 12.3. The number of amides is 5. The number of non-ortho nitro benzene ring substituents is 1. The maximum Gasteiger partial charge on any atom is 0.271 e. The molecule has 0 heterocycles. The van der Waals surface area contributed by atoms with Crippen LogP contribution in [0.1, 0.15) is 11.1 Å². The van der Waals surface area contributed by atoms with Gasteiger partial charge in [0.2, 0.25) is 29.5 Å². The molecule has 0 saturated carbocycles. The van der Waals surface area contributed by atoms with Crippen LogP contribution in [0.5, 0.6) is 0 Å². The van der Waals surface area contributed by atoms with Crippen molar-refractivity contribution in [2.24, 2.45) is 5.73 Å². The minimum absolute atomic E-state index is 0.0344. The predicted molar refractivity (Wildman–Crippen MR) is 201 cm³/mol. The summed E-state index contributed by atoms with van der Waals surface area (Å²) in [6.07, 6.45) is 0.871. The highest BCUT2D eigenvalue weighted by atomic mass is 16.6. The summed E-state index contributed by atoms with van der Waals surface area (Å²) in [5.74, 6) is -2.72. The Morgan fingerprint density at radius 1 is 0.630 bits per heavy atom. The molecule has 0 fully saturated rings. The van der Waals surface area contributed by atoms with Crippen LogP contribution in [0, 0.1) is 10.1 Å². The number of hydrogen-bond donors (Lipinski definition) is 2. The van der Waals surface area contributed by atoms with Crippen molar-refractivity contribution in [3.63, 3.8) is 0 Å². The zero-order valence-electron chi connectivity index (χ0n) is 30.8. The van der Waals surface area contributed by atoms with Crippen molar-refractivity contribution in [3.05, 3.63) is 106 Å². The highest BCUT2D eigenvalue weighted by Crippen LogP contribution is 2.17. The molecule has 0 radical (unpaired) electrons. The largest absolute Gasteiger partial charge is 0.383 e. The number of methoxy groups -OCH3 is 2. The molecular weight excluding hydrogens is 698 g/mol. The summed E-state index contributed by atoms with van der Waals surface area (Å²) >= 11 is 0. The number of nitrogens with one attached hydrogen (secondary N) is 1. The average molecular weight is 748 g/mol. The Morgan fingerprint density at radius 3 is 1.52 bits per heavy atom. The second kappa shape index (κ2) is 22.9. The smallest absolute Gasteiger partial charge is 0.271 e. The van der Waals surface area contributed by atoms with E-state index in [1.165, 1.54) is 52.0 Å². The van der Waals surface area contributed by atoms with E-state index in [0.717, 1.165) is 11.1 Å². The molecule has 16 heteroatoms. The summed E-state index contributed by atoms with van der Waals surface area (Å²) in [5.41, 5.74) is 7.55. The van der Waals surface area contributed by atoms with Gasteiger partial charge in [0, 0.05) is 58.2 Å². The van der Waals surface area contributed by atoms with E-state index in [9.17, 15) is 34.1 Å². The maximum absolute atomic E-state index is 14.0. The van der Waals surface area contributed by atoms with E-state index in [4.69, 9.17) is 15.2 Å². The Kier molecular flexibility index (Phi) is 18.1. The number of benzene rings is 3. The highest BCUT2D eigenvalue weighted by Gasteiger charge is 2.27. The van der Waals surface area contributed by atoms with Crippen LogP contribution in [-0.4, -0.2) is 140 Å². The zero-order valence-corrected chi connectivity index (χ0v) is 30.8. The molecule has 3 aromatic rings. The first-order valence-electron chi connectivity index (χ1n) is 17.4. The van der Waals surface area contributed by atoms with Gasteiger partial charge in [-0.05, 0) is 30.0 Å². The van der Waals surface area contributed by atoms with Gasteiger partial charge < -0.3 is 40.1 Å². The van der Waals surface area contributed by atoms with Crippen LogP contribution in [0.2, 0.25) is 0 Å². The zero-order chi connectivity index (χ0) is 39.3. The van der Waals surface area contributed by atoms with Gasteiger partial charge in [-0.1, -0.05) is 66.7 Å². The summed E-state index contributed by atoms with van der Waals surface area (Å²) in [4.78, 5) is 82.6. The molecule has 0 aliphatic heterocycles. The number of anilines is 1. The third-order valence-electron chi connectivity index (χ3n) is 8.39. The molecule has 3 rings (SSSR count). The van der Waals surface area contributed by atoms with Gasteiger partial charge >= 0.3 is 0 Å². The van der Waals surface area contributed by atoms with E-state index >= 15 is 0 Å². The molecule has 0 saturated heterocycles. The molecule has 3 aromatic carbocycles.